The minimum absolute atomic E-state index is 0.00902. The first kappa shape index (κ1) is 22.9. The third-order valence-electron chi connectivity index (χ3n) is 6.11. The second-order valence-corrected chi connectivity index (χ2v) is 8.56. The summed E-state index contributed by atoms with van der Waals surface area (Å²) in [6.07, 6.45) is 5.26. The van der Waals surface area contributed by atoms with Crippen LogP contribution in [0.4, 0.5) is 5.69 Å². The molecule has 0 unspecified atom stereocenters. The molecule has 1 aliphatic heterocycles. The summed E-state index contributed by atoms with van der Waals surface area (Å²) in [5.74, 6) is 0.780. The van der Waals surface area contributed by atoms with E-state index in [9.17, 15) is 4.79 Å². The van der Waals surface area contributed by atoms with Gasteiger partial charge in [-0.3, -0.25) is 9.69 Å². The van der Waals surface area contributed by atoms with Crippen LogP contribution in [0.15, 0.2) is 54.9 Å². The molecule has 0 spiro atoms. The van der Waals surface area contributed by atoms with Gasteiger partial charge in [-0.2, -0.15) is 0 Å². The Kier molecular flexibility index (Phi) is 7.68. The molecule has 3 aromatic rings. The predicted octanol–water partition coefficient (Wildman–Crippen LogP) is 4.81. The van der Waals surface area contributed by atoms with Crippen molar-refractivity contribution in [2.24, 2.45) is 0 Å². The number of rotatable bonds is 9. The lowest BCUT2D eigenvalue weighted by Gasteiger charge is -2.18. The molecule has 1 N–H and O–H groups in total. The summed E-state index contributed by atoms with van der Waals surface area (Å²) >= 11 is 0. The smallest absolute Gasteiger partial charge is 0.224 e. The molecular formula is C27H32N4O2. The maximum atomic E-state index is 12.6. The van der Waals surface area contributed by atoms with Crippen LogP contribution in [0.1, 0.15) is 36.2 Å². The lowest BCUT2D eigenvalue weighted by atomic mass is 10.0. The molecule has 0 saturated carbocycles. The van der Waals surface area contributed by atoms with Crippen LogP contribution in [-0.4, -0.2) is 47.0 Å². The second kappa shape index (κ2) is 11.1. The van der Waals surface area contributed by atoms with E-state index in [2.05, 4.69) is 20.2 Å². The summed E-state index contributed by atoms with van der Waals surface area (Å²) in [5.41, 5.74) is 5.54. The van der Waals surface area contributed by atoms with Crippen molar-refractivity contribution in [3.8, 4) is 16.9 Å². The Morgan fingerprint density at radius 2 is 1.76 bits per heavy atom. The number of ether oxygens (including phenoxy) is 1. The van der Waals surface area contributed by atoms with Crippen molar-refractivity contribution in [1.82, 2.24) is 14.9 Å². The number of benzene rings is 2. The Morgan fingerprint density at radius 1 is 1.03 bits per heavy atom. The fourth-order valence-corrected chi connectivity index (χ4v) is 4.33. The van der Waals surface area contributed by atoms with Gasteiger partial charge in [0, 0.05) is 41.2 Å². The van der Waals surface area contributed by atoms with Crippen LogP contribution < -0.4 is 10.1 Å². The molecule has 6 heteroatoms. The van der Waals surface area contributed by atoms with Gasteiger partial charge in [0.2, 0.25) is 5.91 Å². The molecule has 1 saturated heterocycles. The highest BCUT2D eigenvalue weighted by atomic mass is 16.5. The van der Waals surface area contributed by atoms with Crippen LogP contribution in [0, 0.1) is 13.8 Å². The van der Waals surface area contributed by atoms with E-state index in [0.29, 0.717) is 19.4 Å². The average molecular weight is 445 g/mol. The number of carbonyl (C=O) groups is 1. The zero-order chi connectivity index (χ0) is 23.0. The molecule has 1 aromatic heterocycles. The monoisotopic (exact) mass is 444 g/mol. The minimum Gasteiger partial charge on any atom is -0.492 e. The minimum atomic E-state index is -0.00902. The number of likely N-dealkylation sites (tertiary alicyclic amines) is 1. The Labute approximate surface area is 196 Å². The third-order valence-corrected chi connectivity index (χ3v) is 6.11. The van der Waals surface area contributed by atoms with Crippen molar-refractivity contribution in [3.63, 3.8) is 0 Å². The number of hydrogen-bond acceptors (Lipinski definition) is 5. The number of aryl methyl sites for hydroxylation is 3. The van der Waals surface area contributed by atoms with Gasteiger partial charge in [-0.25, -0.2) is 9.97 Å². The van der Waals surface area contributed by atoms with Crippen LogP contribution in [0.3, 0.4) is 0 Å². The van der Waals surface area contributed by atoms with Crippen LogP contribution in [0.2, 0.25) is 0 Å². The van der Waals surface area contributed by atoms with Crippen molar-refractivity contribution in [3.05, 3.63) is 71.8 Å². The molecule has 2 heterocycles. The molecule has 2 aromatic carbocycles. The van der Waals surface area contributed by atoms with Gasteiger partial charge in [0.15, 0.2) is 0 Å². The van der Waals surface area contributed by atoms with Gasteiger partial charge < -0.3 is 10.1 Å². The number of nitrogens with one attached hydrogen (secondary N) is 1. The number of nitrogens with zero attached hydrogens (tertiary/aromatic N) is 3. The molecular weight excluding hydrogens is 412 g/mol. The molecule has 1 aliphatic rings. The molecule has 4 rings (SSSR count). The first-order valence-corrected chi connectivity index (χ1v) is 11.7. The van der Waals surface area contributed by atoms with Gasteiger partial charge in [0.25, 0.3) is 0 Å². The maximum absolute atomic E-state index is 12.6. The molecule has 172 valence electrons. The second-order valence-electron chi connectivity index (χ2n) is 8.56. The van der Waals surface area contributed by atoms with Crippen molar-refractivity contribution in [2.45, 2.75) is 39.5 Å². The van der Waals surface area contributed by atoms with Gasteiger partial charge in [-0.05, 0) is 70.0 Å². The third kappa shape index (κ3) is 6.17. The quantitative estimate of drug-likeness (QED) is 0.513. The normalized spacial score (nSPS) is 13.8. The Balaban J connectivity index is 1.50. The summed E-state index contributed by atoms with van der Waals surface area (Å²) in [5, 5.41) is 3.05. The first-order valence-electron chi connectivity index (χ1n) is 11.7. The van der Waals surface area contributed by atoms with E-state index in [1.165, 1.54) is 12.8 Å². The fraction of sp³-hybridized carbons (Fsp3) is 0.370. The molecule has 0 radical (unpaired) electrons. The molecule has 0 aliphatic carbocycles. The highest BCUT2D eigenvalue weighted by Crippen LogP contribution is 2.35. The van der Waals surface area contributed by atoms with E-state index in [1.807, 2.05) is 62.4 Å². The summed E-state index contributed by atoms with van der Waals surface area (Å²) in [6, 6.07) is 15.9. The van der Waals surface area contributed by atoms with Crippen LogP contribution >= 0.6 is 0 Å². The lowest BCUT2D eigenvalue weighted by Crippen LogP contribution is -2.25. The van der Waals surface area contributed by atoms with Crippen molar-refractivity contribution < 1.29 is 9.53 Å². The van der Waals surface area contributed by atoms with E-state index in [-0.39, 0.29) is 5.91 Å². The van der Waals surface area contributed by atoms with Gasteiger partial charge in [-0.15, -0.1) is 0 Å². The standard InChI is InChI=1S/C27H32N4O2/c1-20-27(21(2)29-19-28-20)24-18-23(30-26(32)13-10-22-8-4-3-5-9-22)11-12-25(24)33-17-16-31-14-6-7-15-31/h3-5,8-9,11-12,18-19H,6-7,10,13-17H2,1-2H3,(H,30,32). The number of amides is 1. The van der Waals surface area contributed by atoms with E-state index in [0.717, 1.165) is 59.1 Å². The summed E-state index contributed by atoms with van der Waals surface area (Å²) < 4.78 is 6.22. The SMILES string of the molecule is Cc1ncnc(C)c1-c1cc(NC(=O)CCc2ccccc2)ccc1OCCN1CCCC1. The fourth-order valence-electron chi connectivity index (χ4n) is 4.33. The van der Waals surface area contributed by atoms with Crippen LogP contribution in [0.25, 0.3) is 11.1 Å². The Morgan fingerprint density at radius 3 is 2.48 bits per heavy atom. The van der Waals surface area contributed by atoms with E-state index in [4.69, 9.17) is 4.74 Å². The zero-order valence-corrected chi connectivity index (χ0v) is 19.5. The molecule has 1 amide bonds. The summed E-state index contributed by atoms with van der Waals surface area (Å²) in [6.45, 7) is 7.79. The Bertz CT molecular complexity index is 1060. The summed E-state index contributed by atoms with van der Waals surface area (Å²) in [4.78, 5) is 23.8. The van der Waals surface area contributed by atoms with E-state index < -0.39 is 0 Å². The Hall–Kier alpha value is -3.25. The van der Waals surface area contributed by atoms with Crippen molar-refractivity contribution in [1.29, 1.82) is 0 Å². The van der Waals surface area contributed by atoms with Gasteiger partial charge >= 0.3 is 0 Å². The van der Waals surface area contributed by atoms with Gasteiger partial charge in [0.05, 0.1) is 0 Å². The zero-order valence-electron chi connectivity index (χ0n) is 19.5. The van der Waals surface area contributed by atoms with Crippen molar-refractivity contribution in [2.75, 3.05) is 31.6 Å². The number of aromatic nitrogens is 2. The average Bonchev–Trinajstić information content (AvgIpc) is 3.33. The van der Waals surface area contributed by atoms with Gasteiger partial charge in [-0.1, -0.05) is 30.3 Å². The molecule has 33 heavy (non-hydrogen) atoms. The molecule has 6 nitrogen and oxygen atoms in total. The topological polar surface area (TPSA) is 67.3 Å². The first-order chi connectivity index (χ1) is 16.1. The maximum Gasteiger partial charge on any atom is 0.224 e. The number of hydrogen-bond donors (Lipinski definition) is 1. The molecule has 0 atom stereocenters. The number of carbonyl (C=O) groups excluding carboxylic acids is 1. The van der Waals surface area contributed by atoms with Crippen molar-refractivity contribution >= 4 is 11.6 Å². The van der Waals surface area contributed by atoms with Gasteiger partial charge in [0.1, 0.15) is 18.7 Å². The summed E-state index contributed by atoms with van der Waals surface area (Å²) in [7, 11) is 0. The molecule has 0 bridgehead atoms. The van der Waals surface area contributed by atoms with E-state index >= 15 is 0 Å². The highest BCUT2D eigenvalue weighted by Gasteiger charge is 2.16. The predicted molar refractivity (Wildman–Crippen MR) is 132 cm³/mol. The molecule has 1 fully saturated rings. The highest BCUT2D eigenvalue weighted by molar-refractivity contribution is 5.92. The van der Waals surface area contributed by atoms with E-state index in [1.54, 1.807) is 6.33 Å². The lowest BCUT2D eigenvalue weighted by molar-refractivity contribution is -0.116. The van der Waals surface area contributed by atoms with Crippen LogP contribution in [0.5, 0.6) is 5.75 Å². The van der Waals surface area contributed by atoms with Crippen LogP contribution in [-0.2, 0) is 11.2 Å². The number of anilines is 1. The largest absolute Gasteiger partial charge is 0.492 e.